The molecule has 15 heavy (non-hydrogen) atoms. The molecule has 0 amide bonds. The highest BCUT2D eigenvalue weighted by Crippen LogP contribution is 2.23. The van der Waals surface area contributed by atoms with E-state index in [-0.39, 0.29) is 0 Å². The summed E-state index contributed by atoms with van der Waals surface area (Å²) >= 11 is 0. The van der Waals surface area contributed by atoms with Gasteiger partial charge in [0.1, 0.15) is 5.52 Å². The van der Waals surface area contributed by atoms with Gasteiger partial charge in [0.25, 0.3) is 0 Å². The number of ether oxygens (including phenoxy) is 1. The summed E-state index contributed by atoms with van der Waals surface area (Å²) in [7, 11) is 1.22. The predicted molar refractivity (Wildman–Crippen MR) is 51.0 cm³/mol. The maximum atomic E-state index is 11.1. The molecule has 2 rings (SSSR count). The van der Waals surface area contributed by atoms with Crippen molar-refractivity contribution in [1.29, 1.82) is 0 Å². The zero-order valence-corrected chi connectivity index (χ0v) is 8.01. The lowest BCUT2D eigenvalue weighted by atomic mass is 10.1. The van der Waals surface area contributed by atoms with Gasteiger partial charge in [0.2, 0.25) is 0 Å². The SMILES string of the molecule is COC(=O)C(O)c1cccc2ocnc12. The van der Waals surface area contributed by atoms with Gasteiger partial charge in [-0.25, -0.2) is 9.78 Å². The minimum absolute atomic E-state index is 0.383. The number of rotatable bonds is 2. The van der Waals surface area contributed by atoms with Gasteiger partial charge < -0.3 is 14.3 Å². The van der Waals surface area contributed by atoms with Crippen LogP contribution in [0.3, 0.4) is 0 Å². The number of fused-ring (bicyclic) bond motifs is 1. The Kier molecular flexibility index (Phi) is 2.39. The fraction of sp³-hybridized carbons (Fsp3) is 0.200. The first-order chi connectivity index (χ1) is 7.24. The molecule has 0 aliphatic rings. The lowest BCUT2D eigenvalue weighted by Crippen LogP contribution is -2.13. The summed E-state index contributed by atoms with van der Waals surface area (Å²) in [5, 5.41) is 9.65. The van der Waals surface area contributed by atoms with E-state index in [1.807, 2.05) is 0 Å². The van der Waals surface area contributed by atoms with Crippen molar-refractivity contribution in [2.45, 2.75) is 6.10 Å². The van der Waals surface area contributed by atoms with Crippen molar-refractivity contribution in [3.05, 3.63) is 30.2 Å². The summed E-state index contributed by atoms with van der Waals surface area (Å²) < 4.78 is 9.49. The summed E-state index contributed by atoms with van der Waals surface area (Å²) in [5.74, 6) is -0.717. The molecule has 0 saturated heterocycles. The Bertz CT molecular complexity index is 491. The van der Waals surface area contributed by atoms with Crippen molar-refractivity contribution in [2.75, 3.05) is 7.11 Å². The number of aliphatic hydroxyl groups is 1. The number of para-hydroxylation sites is 1. The highest BCUT2D eigenvalue weighted by Gasteiger charge is 2.21. The number of aliphatic hydroxyl groups excluding tert-OH is 1. The van der Waals surface area contributed by atoms with Crippen molar-refractivity contribution in [1.82, 2.24) is 4.98 Å². The Morgan fingerprint density at radius 1 is 1.60 bits per heavy atom. The van der Waals surface area contributed by atoms with E-state index in [1.54, 1.807) is 18.2 Å². The second-order valence-corrected chi connectivity index (χ2v) is 2.97. The van der Waals surface area contributed by atoms with Crippen molar-refractivity contribution in [3.8, 4) is 0 Å². The van der Waals surface area contributed by atoms with E-state index in [1.165, 1.54) is 13.5 Å². The number of methoxy groups -OCH3 is 1. The number of aromatic nitrogens is 1. The first kappa shape index (κ1) is 9.67. The van der Waals surface area contributed by atoms with E-state index < -0.39 is 12.1 Å². The van der Waals surface area contributed by atoms with Gasteiger partial charge in [-0.15, -0.1) is 0 Å². The normalized spacial score (nSPS) is 12.7. The van der Waals surface area contributed by atoms with Gasteiger partial charge in [-0.3, -0.25) is 0 Å². The number of hydrogen-bond donors (Lipinski definition) is 1. The van der Waals surface area contributed by atoms with Gasteiger partial charge in [0.05, 0.1) is 7.11 Å². The van der Waals surface area contributed by atoms with Crippen LogP contribution in [0.15, 0.2) is 29.0 Å². The topological polar surface area (TPSA) is 72.6 Å². The molecule has 0 saturated carbocycles. The molecule has 0 bridgehead atoms. The largest absolute Gasteiger partial charge is 0.467 e. The fourth-order valence-corrected chi connectivity index (χ4v) is 1.37. The van der Waals surface area contributed by atoms with Gasteiger partial charge in [-0.1, -0.05) is 12.1 Å². The third-order valence-corrected chi connectivity index (χ3v) is 2.11. The van der Waals surface area contributed by atoms with Crippen LogP contribution in [-0.4, -0.2) is 23.2 Å². The summed E-state index contributed by atoms with van der Waals surface area (Å²) in [6.45, 7) is 0. The number of benzene rings is 1. The van der Waals surface area contributed by atoms with E-state index >= 15 is 0 Å². The van der Waals surface area contributed by atoms with E-state index in [2.05, 4.69) is 9.72 Å². The zero-order chi connectivity index (χ0) is 10.8. The van der Waals surface area contributed by atoms with Gasteiger partial charge in [0, 0.05) is 5.56 Å². The Hall–Kier alpha value is -1.88. The van der Waals surface area contributed by atoms with E-state index in [4.69, 9.17) is 4.42 Å². The van der Waals surface area contributed by atoms with Crippen LogP contribution in [0.4, 0.5) is 0 Å². The van der Waals surface area contributed by atoms with Gasteiger partial charge >= 0.3 is 5.97 Å². The van der Waals surface area contributed by atoms with Crippen molar-refractivity contribution >= 4 is 17.1 Å². The summed E-state index contributed by atoms with van der Waals surface area (Å²) in [5.41, 5.74) is 1.37. The molecule has 0 fully saturated rings. The quantitative estimate of drug-likeness (QED) is 0.744. The second-order valence-electron chi connectivity index (χ2n) is 2.97. The molecule has 5 heteroatoms. The third kappa shape index (κ3) is 1.57. The molecule has 1 heterocycles. The first-order valence-electron chi connectivity index (χ1n) is 4.32. The van der Waals surface area contributed by atoms with Crippen LogP contribution in [0.1, 0.15) is 11.7 Å². The molecule has 1 unspecified atom stereocenters. The molecule has 0 spiro atoms. The molecule has 1 aromatic carbocycles. The lowest BCUT2D eigenvalue weighted by Gasteiger charge is -2.08. The molecule has 78 valence electrons. The average Bonchev–Trinajstić information content (AvgIpc) is 2.74. The highest BCUT2D eigenvalue weighted by atomic mass is 16.5. The number of oxazole rings is 1. The smallest absolute Gasteiger partial charge is 0.339 e. The molecule has 1 atom stereocenters. The lowest BCUT2D eigenvalue weighted by molar-refractivity contribution is -0.150. The Morgan fingerprint density at radius 3 is 3.13 bits per heavy atom. The van der Waals surface area contributed by atoms with Crippen LogP contribution in [0.25, 0.3) is 11.1 Å². The van der Waals surface area contributed by atoms with Crippen LogP contribution in [0.2, 0.25) is 0 Å². The number of carbonyl (C=O) groups excluding carboxylic acids is 1. The molecule has 2 aromatic rings. The Labute approximate surface area is 85.3 Å². The maximum absolute atomic E-state index is 11.1. The number of carbonyl (C=O) groups is 1. The molecule has 1 aromatic heterocycles. The Balaban J connectivity index is 2.51. The highest BCUT2D eigenvalue weighted by molar-refractivity contribution is 5.84. The molecule has 5 nitrogen and oxygen atoms in total. The molecule has 1 N–H and O–H groups in total. The molecule has 0 aliphatic carbocycles. The maximum Gasteiger partial charge on any atom is 0.339 e. The van der Waals surface area contributed by atoms with Gasteiger partial charge in [-0.2, -0.15) is 0 Å². The number of esters is 1. The van der Waals surface area contributed by atoms with Gasteiger partial charge in [0.15, 0.2) is 18.1 Å². The van der Waals surface area contributed by atoms with E-state index in [0.717, 1.165) is 0 Å². The van der Waals surface area contributed by atoms with Crippen LogP contribution < -0.4 is 0 Å². The number of hydrogen-bond acceptors (Lipinski definition) is 5. The van der Waals surface area contributed by atoms with E-state index in [9.17, 15) is 9.90 Å². The molecule has 0 radical (unpaired) electrons. The Morgan fingerprint density at radius 2 is 2.40 bits per heavy atom. The minimum Gasteiger partial charge on any atom is -0.467 e. The van der Waals surface area contributed by atoms with Gasteiger partial charge in [-0.05, 0) is 6.07 Å². The van der Waals surface area contributed by atoms with Crippen molar-refractivity contribution in [2.24, 2.45) is 0 Å². The van der Waals surface area contributed by atoms with E-state index in [0.29, 0.717) is 16.7 Å². The molecule has 0 aliphatic heterocycles. The monoisotopic (exact) mass is 207 g/mol. The van der Waals surface area contributed by atoms with Crippen molar-refractivity contribution in [3.63, 3.8) is 0 Å². The predicted octanol–water partition coefficient (Wildman–Crippen LogP) is 1.03. The summed E-state index contributed by atoms with van der Waals surface area (Å²) in [4.78, 5) is 15.1. The molecular weight excluding hydrogens is 198 g/mol. The van der Waals surface area contributed by atoms with Crippen LogP contribution in [0, 0.1) is 0 Å². The average molecular weight is 207 g/mol. The van der Waals surface area contributed by atoms with Crippen LogP contribution in [-0.2, 0) is 9.53 Å². The fourth-order valence-electron chi connectivity index (χ4n) is 1.37. The molecular formula is C10H9NO4. The number of nitrogens with zero attached hydrogens (tertiary/aromatic N) is 1. The first-order valence-corrected chi connectivity index (χ1v) is 4.32. The van der Waals surface area contributed by atoms with Crippen molar-refractivity contribution < 1.29 is 19.1 Å². The standard InChI is InChI=1S/C10H9NO4/c1-14-10(13)9(12)6-3-2-4-7-8(6)11-5-15-7/h2-5,9,12H,1H3. The zero-order valence-electron chi connectivity index (χ0n) is 8.01. The minimum atomic E-state index is -1.33. The third-order valence-electron chi connectivity index (χ3n) is 2.11. The van der Waals surface area contributed by atoms with Crippen LogP contribution >= 0.6 is 0 Å². The van der Waals surface area contributed by atoms with Crippen LogP contribution in [0.5, 0.6) is 0 Å². The second kappa shape index (κ2) is 3.70. The summed E-state index contributed by atoms with van der Waals surface area (Å²) in [6.07, 6.45) is -0.0677. The summed E-state index contributed by atoms with van der Waals surface area (Å²) in [6, 6.07) is 4.98.